The van der Waals surface area contributed by atoms with E-state index in [1.807, 2.05) is 12.1 Å². The number of rotatable bonds is 6. The number of phenols is 1. The van der Waals surface area contributed by atoms with Gasteiger partial charge in [0.1, 0.15) is 5.75 Å². The Morgan fingerprint density at radius 1 is 1.39 bits per heavy atom. The van der Waals surface area contributed by atoms with Crippen LogP contribution in [0.5, 0.6) is 5.75 Å². The highest BCUT2D eigenvalue weighted by Gasteiger charge is 2.03. The summed E-state index contributed by atoms with van der Waals surface area (Å²) >= 11 is 0. The normalized spacial score (nSPS) is 12.1. The Morgan fingerprint density at radius 2 is 2.11 bits per heavy atom. The molecule has 1 rings (SSSR count). The Hall–Kier alpha value is -1.40. The number of benzene rings is 1. The van der Waals surface area contributed by atoms with Crippen LogP contribution in [-0.2, 0) is 16.5 Å². The van der Waals surface area contributed by atoms with Crippen molar-refractivity contribution in [2.24, 2.45) is 4.99 Å². The van der Waals surface area contributed by atoms with Crippen LogP contribution in [0.2, 0.25) is 0 Å². The van der Waals surface area contributed by atoms with Gasteiger partial charge in [-0.3, -0.25) is 9.55 Å². The van der Waals surface area contributed by atoms with E-state index in [9.17, 15) is 13.5 Å². The summed E-state index contributed by atoms with van der Waals surface area (Å²) < 4.78 is 29.5. The smallest absolute Gasteiger partial charge is 0.266 e. The van der Waals surface area contributed by atoms with E-state index in [1.54, 1.807) is 6.07 Å². The minimum absolute atomic E-state index is 0.0315. The average Bonchev–Trinajstić information content (AvgIpc) is 2.27. The lowest BCUT2D eigenvalue weighted by molar-refractivity contribution is 0.474. The molecule has 100 valence electrons. The molecule has 0 amide bonds. The molecule has 1 aromatic rings. The lowest BCUT2D eigenvalue weighted by atomic mass is 10.1. The van der Waals surface area contributed by atoms with Gasteiger partial charge in [-0.1, -0.05) is 19.4 Å². The molecule has 0 aliphatic heterocycles. The van der Waals surface area contributed by atoms with Crippen molar-refractivity contribution in [2.75, 3.05) is 12.3 Å². The molecular weight excluding hydrogens is 254 g/mol. The number of aryl methyl sites for hydroxylation is 1. The van der Waals surface area contributed by atoms with Crippen LogP contribution in [0.15, 0.2) is 23.2 Å². The molecule has 0 radical (unpaired) electrons. The van der Waals surface area contributed by atoms with Crippen molar-refractivity contribution in [3.63, 3.8) is 0 Å². The molecular formula is C12H17NO4S. The number of phenolic OH excluding ortho intramolecular Hbond substituents is 1. The summed E-state index contributed by atoms with van der Waals surface area (Å²) in [5, 5.41) is 9.60. The van der Waals surface area contributed by atoms with Gasteiger partial charge < -0.3 is 5.11 Å². The predicted octanol–water partition coefficient (Wildman–Crippen LogP) is 1.65. The minimum Gasteiger partial charge on any atom is -0.507 e. The Morgan fingerprint density at radius 3 is 2.72 bits per heavy atom. The second-order valence-corrected chi connectivity index (χ2v) is 5.54. The predicted molar refractivity (Wildman–Crippen MR) is 71.0 cm³/mol. The van der Waals surface area contributed by atoms with Crippen molar-refractivity contribution in [3.8, 4) is 5.75 Å². The first-order valence-corrected chi connectivity index (χ1v) is 7.30. The summed E-state index contributed by atoms with van der Waals surface area (Å²) in [7, 11) is -3.98. The van der Waals surface area contributed by atoms with Crippen LogP contribution in [0.1, 0.15) is 24.5 Å². The van der Waals surface area contributed by atoms with Crippen molar-refractivity contribution in [1.82, 2.24) is 0 Å². The number of aromatic hydroxyl groups is 1. The maximum atomic E-state index is 10.5. The Bertz CT molecular complexity index is 523. The van der Waals surface area contributed by atoms with E-state index in [0.717, 1.165) is 18.4 Å². The van der Waals surface area contributed by atoms with Gasteiger partial charge in [0, 0.05) is 11.8 Å². The van der Waals surface area contributed by atoms with Gasteiger partial charge in [0.05, 0.1) is 12.3 Å². The fraction of sp³-hybridized carbons (Fsp3) is 0.417. The van der Waals surface area contributed by atoms with Crippen molar-refractivity contribution in [3.05, 3.63) is 29.3 Å². The van der Waals surface area contributed by atoms with Gasteiger partial charge in [0.25, 0.3) is 10.1 Å². The van der Waals surface area contributed by atoms with Crippen molar-refractivity contribution < 1.29 is 18.1 Å². The molecule has 1 aromatic carbocycles. The van der Waals surface area contributed by atoms with Gasteiger partial charge in [-0.25, -0.2) is 0 Å². The van der Waals surface area contributed by atoms with E-state index in [-0.39, 0.29) is 12.3 Å². The number of hydrogen-bond acceptors (Lipinski definition) is 4. The Kier molecular flexibility index (Phi) is 5.30. The number of hydrogen-bond donors (Lipinski definition) is 2. The average molecular weight is 271 g/mol. The van der Waals surface area contributed by atoms with Crippen LogP contribution in [-0.4, -0.2) is 36.6 Å². The topological polar surface area (TPSA) is 87.0 Å². The summed E-state index contributed by atoms with van der Waals surface area (Å²) in [5.41, 5.74) is 1.64. The SMILES string of the molecule is CCCc1ccc(O)c(C=NCCS(=O)(=O)O)c1. The Labute approximate surface area is 107 Å². The van der Waals surface area contributed by atoms with Crippen molar-refractivity contribution >= 4 is 16.3 Å². The molecule has 0 saturated carbocycles. The zero-order valence-electron chi connectivity index (χ0n) is 10.2. The molecule has 5 nitrogen and oxygen atoms in total. The van der Waals surface area contributed by atoms with Crippen LogP contribution < -0.4 is 0 Å². The highest BCUT2D eigenvalue weighted by Crippen LogP contribution is 2.17. The summed E-state index contributed by atoms with van der Waals surface area (Å²) in [6.07, 6.45) is 3.33. The minimum atomic E-state index is -3.98. The Balaban J connectivity index is 2.71. The molecule has 0 aliphatic carbocycles. The third kappa shape index (κ3) is 5.29. The van der Waals surface area contributed by atoms with E-state index in [2.05, 4.69) is 11.9 Å². The lowest BCUT2D eigenvalue weighted by Crippen LogP contribution is -2.06. The second-order valence-electron chi connectivity index (χ2n) is 3.96. The first-order valence-electron chi connectivity index (χ1n) is 5.69. The first-order chi connectivity index (χ1) is 8.42. The monoisotopic (exact) mass is 271 g/mol. The van der Waals surface area contributed by atoms with Crippen LogP contribution >= 0.6 is 0 Å². The van der Waals surface area contributed by atoms with E-state index in [0.29, 0.717) is 5.56 Å². The summed E-state index contributed by atoms with van der Waals surface area (Å²) in [4.78, 5) is 3.86. The zero-order chi connectivity index (χ0) is 13.6. The molecule has 0 aliphatic rings. The van der Waals surface area contributed by atoms with Crippen LogP contribution in [0, 0.1) is 0 Å². The maximum absolute atomic E-state index is 10.5. The van der Waals surface area contributed by atoms with Crippen LogP contribution in [0.3, 0.4) is 0 Å². The molecule has 0 spiro atoms. The fourth-order valence-electron chi connectivity index (χ4n) is 1.48. The molecule has 0 fully saturated rings. The highest BCUT2D eigenvalue weighted by molar-refractivity contribution is 7.85. The summed E-state index contributed by atoms with van der Waals surface area (Å²) in [5.74, 6) is -0.315. The van der Waals surface area contributed by atoms with E-state index >= 15 is 0 Å². The molecule has 0 bridgehead atoms. The first kappa shape index (κ1) is 14.7. The maximum Gasteiger partial charge on any atom is 0.266 e. The number of nitrogens with zero attached hydrogens (tertiary/aromatic N) is 1. The van der Waals surface area contributed by atoms with E-state index in [1.165, 1.54) is 6.21 Å². The largest absolute Gasteiger partial charge is 0.507 e. The van der Waals surface area contributed by atoms with Crippen LogP contribution in [0.25, 0.3) is 0 Å². The van der Waals surface area contributed by atoms with Gasteiger partial charge >= 0.3 is 0 Å². The quantitative estimate of drug-likeness (QED) is 0.608. The zero-order valence-corrected chi connectivity index (χ0v) is 11.0. The van der Waals surface area contributed by atoms with Gasteiger partial charge in [-0.15, -0.1) is 0 Å². The van der Waals surface area contributed by atoms with E-state index in [4.69, 9.17) is 4.55 Å². The van der Waals surface area contributed by atoms with Crippen molar-refractivity contribution in [2.45, 2.75) is 19.8 Å². The molecule has 6 heteroatoms. The standard InChI is InChI=1S/C12H17NO4S/c1-2-3-10-4-5-12(14)11(8-10)9-13-6-7-18(15,16)17/h4-5,8-9,14H,2-3,6-7H2,1H3,(H,15,16,17). The molecule has 18 heavy (non-hydrogen) atoms. The third-order valence-corrected chi connectivity index (χ3v) is 3.04. The fourth-order valence-corrected chi connectivity index (χ4v) is 1.82. The molecule has 2 N–H and O–H groups in total. The van der Waals surface area contributed by atoms with Gasteiger partial charge in [-0.05, 0) is 24.1 Å². The third-order valence-electron chi connectivity index (χ3n) is 2.34. The van der Waals surface area contributed by atoms with E-state index < -0.39 is 15.9 Å². The second kappa shape index (κ2) is 6.51. The molecule has 0 heterocycles. The summed E-state index contributed by atoms with van der Waals surface area (Å²) in [6, 6.07) is 5.25. The van der Waals surface area contributed by atoms with Crippen LogP contribution in [0.4, 0.5) is 0 Å². The molecule has 0 saturated heterocycles. The van der Waals surface area contributed by atoms with Gasteiger partial charge in [0.2, 0.25) is 0 Å². The molecule has 0 atom stereocenters. The molecule has 0 unspecified atom stereocenters. The van der Waals surface area contributed by atoms with Gasteiger partial charge in [0.15, 0.2) is 0 Å². The number of aliphatic imine (C=N–C) groups is 1. The lowest BCUT2D eigenvalue weighted by Gasteiger charge is -2.03. The highest BCUT2D eigenvalue weighted by atomic mass is 32.2. The van der Waals surface area contributed by atoms with Gasteiger partial charge in [-0.2, -0.15) is 8.42 Å². The summed E-state index contributed by atoms with van der Waals surface area (Å²) in [6.45, 7) is 2.03. The molecule has 0 aromatic heterocycles. The van der Waals surface area contributed by atoms with Crippen molar-refractivity contribution in [1.29, 1.82) is 0 Å².